The number of aliphatic hydroxyl groups is 1. The topological polar surface area (TPSA) is 20.2 Å². The van der Waals surface area contributed by atoms with Gasteiger partial charge in [0.05, 0.1) is 6.10 Å². The second kappa shape index (κ2) is 7.08. The fourth-order valence-corrected chi connectivity index (χ4v) is 1.69. The van der Waals surface area contributed by atoms with Crippen LogP contribution in [-0.2, 0) is 0 Å². The maximum atomic E-state index is 10.0. The average molecular weight is 230 g/mol. The average Bonchev–Trinajstić information content (AvgIpc) is 2.29. The van der Waals surface area contributed by atoms with Crippen LogP contribution in [0, 0.1) is 0 Å². The van der Waals surface area contributed by atoms with E-state index in [1.165, 1.54) is 11.1 Å². The number of benzene rings is 1. The van der Waals surface area contributed by atoms with Crippen LogP contribution >= 0.6 is 0 Å². The molecule has 1 heteroatoms. The maximum Gasteiger partial charge on any atom is 0.0974 e. The summed E-state index contributed by atoms with van der Waals surface area (Å²) in [5, 5.41) is 10.0. The Kier molecular flexibility index (Phi) is 5.71. The van der Waals surface area contributed by atoms with E-state index in [9.17, 15) is 5.11 Å². The lowest BCUT2D eigenvalue weighted by atomic mass is 10.0. The van der Waals surface area contributed by atoms with E-state index in [2.05, 4.69) is 26.8 Å². The molecule has 0 saturated carbocycles. The standard InChI is InChI=1S/C16H22O/c1-13(2)8-7-9-14(3)12-16(17)15-10-5-4-6-11-15/h4-6,8,10-12,16-17H,7,9H2,1-3H3/b14-12+. The molecule has 92 valence electrons. The van der Waals surface area contributed by atoms with Crippen molar-refractivity contribution in [3.8, 4) is 0 Å². The lowest BCUT2D eigenvalue weighted by molar-refractivity contribution is 0.227. The van der Waals surface area contributed by atoms with Crippen LogP contribution in [-0.4, -0.2) is 5.11 Å². The van der Waals surface area contributed by atoms with Crippen LogP contribution in [0.15, 0.2) is 53.6 Å². The van der Waals surface area contributed by atoms with Gasteiger partial charge in [0.25, 0.3) is 0 Å². The summed E-state index contributed by atoms with van der Waals surface area (Å²) >= 11 is 0. The van der Waals surface area contributed by atoms with Gasteiger partial charge in [-0.2, -0.15) is 0 Å². The Morgan fingerprint density at radius 2 is 1.82 bits per heavy atom. The van der Waals surface area contributed by atoms with Gasteiger partial charge in [0.2, 0.25) is 0 Å². The lowest BCUT2D eigenvalue weighted by Crippen LogP contribution is -1.93. The SMILES string of the molecule is CC(C)=CCC/C(C)=C/C(O)c1ccccc1. The summed E-state index contributed by atoms with van der Waals surface area (Å²) in [7, 11) is 0. The van der Waals surface area contributed by atoms with Gasteiger partial charge >= 0.3 is 0 Å². The van der Waals surface area contributed by atoms with Crippen LogP contribution in [0.25, 0.3) is 0 Å². The van der Waals surface area contributed by atoms with Gasteiger partial charge in [-0.05, 0) is 39.2 Å². The molecule has 0 aliphatic rings. The molecule has 1 atom stereocenters. The number of hydrogen-bond acceptors (Lipinski definition) is 1. The predicted molar refractivity (Wildman–Crippen MR) is 73.8 cm³/mol. The number of allylic oxidation sites excluding steroid dienone is 3. The third kappa shape index (κ3) is 5.50. The fourth-order valence-electron chi connectivity index (χ4n) is 1.69. The van der Waals surface area contributed by atoms with Crippen LogP contribution < -0.4 is 0 Å². The second-order valence-corrected chi connectivity index (χ2v) is 4.69. The van der Waals surface area contributed by atoms with Crippen LogP contribution in [0.2, 0.25) is 0 Å². The molecule has 1 nitrogen and oxygen atoms in total. The largest absolute Gasteiger partial charge is 0.384 e. The highest BCUT2D eigenvalue weighted by Crippen LogP contribution is 2.17. The zero-order valence-electron chi connectivity index (χ0n) is 11.0. The Bertz CT molecular complexity index is 383. The molecule has 1 aromatic rings. The van der Waals surface area contributed by atoms with Crippen molar-refractivity contribution in [1.29, 1.82) is 0 Å². The molecule has 0 spiro atoms. The molecule has 1 rings (SSSR count). The Hall–Kier alpha value is -1.34. The summed E-state index contributed by atoms with van der Waals surface area (Å²) in [4.78, 5) is 0. The molecule has 0 saturated heterocycles. The molecule has 0 fully saturated rings. The van der Waals surface area contributed by atoms with Crippen molar-refractivity contribution in [2.75, 3.05) is 0 Å². The maximum absolute atomic E-state index is 10.0. The van der Waals surface area contributed by atoms with Gasteiger partial charge < -0.3 is 5.11 Å². The third-order valence-electron chi connectivity index (χ3n) is 2.67. The number of aliphatic hydroxyl groups excluding tert-OH is 1. The summed E-state index contributed by atoms with van der Waals surface area (Å²) in [6.07, 6.45) is 5.74. The van der Waals surface area contributed by atoms with E-state index in [1.807, 2.05) is 36.4 Å². The smallest absolute Gasteiger partial charge is 0.0974 e. The van der Waals surface area contributed by atoms with E-state index >= 15 is 0 Å². The normalized spacial score (nSPS) is 13.3. The van der Waals surface area contributed by atoms with Crippen LogP contribution in [0.3, 0.4) is 0 Å². The molecule has 0 amide bonds. The summed E-state index contributed by atoms with van der Waals surface area (Å²) in [5.41, 5.74) is 3.54. The molecule has 1 N–H and O–H groups in total. The van der Waals surface area contributed by atoms with E-state index in [1.54, 1.807) is 0 Å². The minimum Gasteiger partial charge on any atom is -0.384 e. The molecule has 17 heavy (non-hydrogen) atoms. The van der Waals surface area contributed by atoms with Crippen molar-refractivity contribution >= 4 is 0 Å². The first-order chi connectivity index (χ1) is 8.09. The Labute approximate surface area is 104 Å². The van der Waals surface area contributed by atoms with E-state index < -0.39 is 6.10 Å². The monoisotopic (exact) mass is 230 g/mol. The van der Waals surface area contributed by atoms with Gasteiger partial charge in [0, 0.05) is 0 Å². The number of rotatable bonds is 5. The van der Waals surface area contributed by atoms with Gasteiger partial charge in [0.15, 0.2) is 0 Å². The van der Waals surface area contributed by atoms with E-state index in [4.69, 9.17) is 0 Å². The molecule has 1 aromatic carbocycles. The molecule has 1 unspecified atom stereocenters. The first-order valence-electron chi connectivity index (χ1n) is 6.13. The van der Waals surface area contributed by atoms with Gasteiger partial charge in [-0.15, -0.1) is 0 Å². The third-order valence-corrected chi connectivity index (χ3v) is 2.67. The van der Waals surface area contributed by atoms with E-state index in [-0.39, 0.29) is 0 Å². The Morgan fingerprint density at radius 1 is 1.18 bits per heavy atom. The summed E-state index contributed by atoms with van der Waals surface area (Å²) in [6.45, 7) is 6.29. The minimum atomic E-state index is -0.483. The molecule has 0 aromatic heterocycles. The first kappa shape index (κ1) is 13.7. The second-order valence-electron chi connectivity index (χ2n) is 4.69. The predicted octanol–water partition coefficient (Wildman–Crippen LogP) is 4.41. The minimum absolute atomic E-state index is 0.483. The number of hydrogen-bond donors (Lipinski definition) is 1. The lowest BCUT2D eigenvalue weighted by Gasteiger charge is -2.07. The van der Waals surface area contributed by atoms with Crippen molar-refractivity contribution in [3.63, 3.8) is 0 Å². The highest BCUT2D eigenvalue weighted by molar-refractivity contribution is 5.22. The van der Waals surface area contributed by atoms with E-state index in [0.717, 1.165) is 18.4 Å². The highest BCUT2D eigenvalue weighted by atomic mass is 16.3. The van der Waals surface area contributed by atoms with Crippen molar-refractivity contribution in [2.24, 2.45) is 0 Å². The summed E-state index contributed by atoms with van der Waals surface area (Å²) < 4.78 is 0. The van der Waals surface area contributed by atoms with Gasteiger partial charge in [-0.3, -0.25) is 0 Å². The van der Waals surface area contributed by atoms with E-state index in [0.29, 0.717) is 0 Å². The quantitative estimate of drug-likeness (QED) is 0.743. The first-order valence-corrected chi connectivity index (χ1v) is 6.13. The summed E-state index contributed by atoms with van der Waals surface area (Å²) in [5.74, 6) is 0. The molecular formula is C16H22O. The zero-order valence-corrected chi connectivity index (χ0v) is 11.0. The molecule has 0 radical (unpaired) electrons. The van der Waals surface area contributed by atoms with Crippen LogP contribution in [0.5, 0.6) is 0 Å². The zero-order chi connectivity index (χ0) is 12.7. The molecule has 0 aliphatic carbocycles. The fraction of sp³-hybridized carbons (Fsp3) is 0.375. The molecule has 0 heterocycles. The van der Waals surface area contributed by atoms with Crippen molar-refractivity contribution in [3.05, 3.63) is 59.2 Å². The van der Waals surface area contributed by atoms with Crippen molar-refractivity contribution in [1.82, 2.24) is 0 Å². The molecule has 0 bridgehead atoms. The van der Waals surface area contributed by atoms with Crippen LogP contribution in [0.1, 0.15) is 45.3 Å². The Morgan fingerprint density at radius 3 is 2.41 bits per heavy atom. The summed E-state index contributed by atoms with van der Waals surface area (Å²) in [6, 6.07) is 9.76. The molecule has 0 aliphatic heterocycles. The molecular weight excluding hydrogens is 208 g/mol. The van der Waals surface area contributed by atoms with Gasteiger partial charge in [0.1, 0.15) is 0 Å². The Balaban J connectivity index is 2.54. The van der Waals surface area contributed by atoms with Crippen molar-refractivity contribution < 1.29 is 5.11 Å². The highest BCUT2D eigenvalue weighted by Gasteiger charge is 2.02. The van der Waals surface area contributed by atoms with Crippen LogP contribution in [0.4, 0.5) is 0 Å². The van der Waals surface area contributed by atoms with Crippen molar-refractivity contribution in [2.45, 2.75) is 39.7 Å². The van der Waals surface area contributed by atoms with Gasteiger partial charge in [-0.25, -0.2) is 0 Å². The van der Waals surface area contributed by atoms with Gasteiger partial charge in [-0.1, -0.05) is 53.6 Å².